The molecule has 6 nitrogen and oxygen atoms in total. The monoisotopic (exact) mass is 475 g/mol. The van der Waals surface area contributed by atoms with Gasteiger partial charge >= 0.3 is 0 Å². The SMILES string of the molecule is C=CCN1C(=O)[C@H](CC(=O)Nc2cccc(Cl)c2Cl)SC1=Nc1cccc(C(C)=O)c1. The predicted molar refractivity (Wildman–Crippen MR) is 127 cm³/mol. The minimum absolute atomic E-state index is 0.0630. The van der Waals surface area contributed by atoms with Gasteiger partial charge in [0.1, 0.15) is 5.25 Å². The molecule has 0 bridgehead atoms. The van der Waals surface area contributed by atoms with Gasteiger partial charge in [0.05, 0.1) is 21.4 Å². The van der Waals surface area contributed by atoms with Gasteiger partial charge in [0, 0.05) is 18.5 Å². The summed E-state index contributed by atoms with van der Waals surface area (Å²) in [6, 6.07) is 11.8. The van der Waals surface area contributed by atoms with Crippen LogP contribution in [0.2, 0.25) is 10.0 Å². The summed E-state index contributed by atoms with van der Waals surface area (Å²) >= 11 is 13.3. The number of Topliss-reactive ketones (excluding diaryl/α,β-unsaturated/α-hetero) is 1. The van der Waals surface area contributed by atoms with Crippen molar-refractivity contribution >= 4 is 69.1 Å². The normalized spacial score (nSPS) is 17.1. The molecule has 1 heterocycles. The maximum Gasteiger partial charge on any atom is 0.242 e. The van der Waals surface area contributed by atoms with E-state index in [4.69, 9.17) is 23.2 Å². The number of amides is 2. The highest BCUT2D eigenvalue weighted by molar-refractivity contribution is 8.15. The Labute approximate surface area is 194 Å². The summed E-state index contributed by atoms with van der Waals surface area (Å²) in [5.74, 6) is -0.679. The number of aliphatic imine (C=N–C) groups is 1. The van der Waals surface area contributed by atoms with Crippen molar-refractivity contribution in [3.8, 4) is 0 Å². The molecule has 1 fully saturated rings. The molecule has 9 heteroatoms. The Bertz CT molecular complexity index is 1090. The standard InChI is InChI=1S/C22H19Cl2N3O3S/c1-3-10-27-21(30)18(12-19(29)26-17-9-5-8-16(23)20(17)24)31-22(27)25-15-7-4-6-14(11-15)13(2)28/h3-9,11,18H,1,10,12H2,2H3,(H,26,29)/t18-/m0/s1. The van der Waals surface area contributed by atoms with Gasteiger partial charge in [0.2, 0.25) is 11.8 Å². The Morgan fingerprint density at radius 1 is 1.26 bits per heavy atom. The van der Waals surface area contributed by atoms with Crippen LogP contribution in [0.25, 0.3) is 0 Å². The molecular weight excluding hydrogens is 457 g/mol. The van der Waals surface area contributed by atoms with Gasteiger partial charge in [-0.1, -0.05) is 59.2 Å². The molecule has 0 unspecified atom stereocenters. The fourth-order valence-corrected chi connectivity index (χ4v) is 4.41. The second kappa shape index (κ2) is 10.1. The van der Waals surface area contributed by atoms with Gasteiger partial charge in [-0.05, 0) is 31.2 Å². The molecule has 160 valence electrons. The summed E-state index contributed by atoms with van der Waals surface area (Å²) < 4.78 is 0. The van der Waals surface area contributed by atoms with Crippen molar-refractivity contribution in [2.75, 3.05) is 11.9 Å². The van der Waals surface area contributed by atoms with Crippen molar-refractivity contribution in [2.24, 2.45) is 4.99 Å². The molecule has 1 atom stereocenters. The van der Waals surface area contributed by atoms with E-state index in [2.05, 4.69) is 16.9 Å². The van der Waals surface area contributed by atoms with Gasteiger partial charge in [-0.3, -0.25) is 19.3 Å². The second-order valence-corrected chi connectivity index (χ2v) is 8.65. The van der Waals surface area contributed by atoms with E-state index in [1.54, 1.807) is 48.5 Å². The number of nitrogens with one attached hydrogen (secondary N) is 1. The van der Waals surface area contributed by atoms with Crippen LogP contribution in [0.3, 0.4) is 0 Å². The molecule has 31 heavy (non-hydrogen) atoms. The number of nitrogens with zero attached hydrogens (tertiary/aromatic N) is 2. The van der Waals surface area contributed by atoms with Crippen LogP contribution in [0, 0.1) is 0 Å². The molecule has 1 aliphatic rings. The van der Waals surface area contributed by atoms with Gasteiger partial charge in [0.15, 0.2) is 11.0 Å². The maximum atomic E-state index is 12.9. The molecule has 1 N–H and O–H groups in total. The van der Waals surface area contributed by atoms with Crippen molar-refractivity contribution in [3.63, 3.8) is 0 Å². The highest BCUT2D eigenvalue weighted by atomic mass is 35.5. The highest BCUT2D eigenvalue weighted by Gasteiger charge is 2.38. The number of anilines is 1. The maximum absolute atomic E-state index is 12.9. The molecule has 1 saturated heterocycles. The zero-order chi connectivity index (χ0) is 22.5. The number of hydrogen-bond donors (Lipinski definition) is 1. The van der Waals surface area contributed by atoms with Gasteiger partial charge < -0.3 is 5.32 Å². The van der Waals surface area contributed by atoms with Crippen molar-refractivity contribution in [2.45, 2.75) is 18.6 Å². The molecular formula is C22H19Cl2N3O3S. The molecule has 0 radical (unpaired) electrons. The molecule has 1 aliphatic heterocycles. The van der Waals surface area contributed by atoms with E-state index in [1.165, 1.54) is 23.6 Å². The number of amidine groups is 1. The van der Waals surface area contributed by atoms with E-state index >= 15 is 0 Å². The Morgan fingerprint density at radius 3 is 2.71 bits per heavy atom. The third-order valence-corrected chi connectivity index (χ3v) is 6.40. The smallest absolute Gasteiger partial charge is 0.242 e. The number of ketones is 1. The lowest BCUT2D eigenvalue weighted by molar-refractivity contribution is -0.127. The lowest BCUT2D eigenvalue weighted by Crippen LogP contribution is -2.33. The van der Waals surface area contributed by atoms with Crippen LogP contribution in [0.4, 0.5) is 11.4 Å². The van der Waals surface area contributed by atoms with Crippen LogP contribution in [0.5, 0.6) is 0 Å². The molecule has 2 aromatic rings. The first-order valence-corrected chi connectivity index (χ1v) is 11.0. The van der Waals surface area contributed by atoms with Crippen molar-refractivity contribution < 1.29 is 14.4 Å². The van der Waals surface area contributed by atoms with Crippen molar-refractivity contribution in [3.05, 3.63) is 70.7 Å². The van der Waals surface area contributed by atoms with Gasteiger partial charge in [0.25, 0.3) is 0 Å². The third kappa shape index (κ3) is 5.55. The summed E-state index contributed by atoms with van der Waals surface area (Å²) in [5, 5.41) is 3.06. The lowest BCUT2D eigenvalue weighted by Gasteiger charge is -2.14. The molecule has 2 aromatic carbocycles. The predicted octanol–water partition coefficient (Wildman–Crippen LogP) is 5.34. The van der Waals surface area contributed by atoms with Gasteiger partial charge in [-0.15, -0.1) is 6.58 Å². The molecule has 3 rings (SSSR count). The zero-order valence-corrected chi connectivity index (χ0v) is 18.9. The Morgan fingerprint density at radius 2 is 2.00 bits per heavy atom. The number of carbonyl (C=O) groups is 3. The molecule has 0 aromatic heterocycles. The van der Waals surface area contributed by atoms with Gasteiger partial charge in [-0.25, -0.2) is 4.99 Å². The summed E-state index contributed by atoms with van der Waals surface area (Å²) in [6.07, 6.45) is 1.53. The minimum Gasteiger partial charge on any atom is -0.325 e. The number of thioether (sulfide) groups is 1. The fourth-order valence-electron chi connectivity index (χ4n) is 2.90. The number of rotatable bonds is 7. The summed E-state index contributed by atoms with van der Waals surface area (Å²) in [6.45, 7) is 5.42. The van der Waals surface area contributed by atoms with E-state index in [0.717, 1.165) is 0 Å². The topological polar surface area (TPSA) is 78.8 Å². The minimum atomic E-state index is -0.646. The summed E-state index contributed by atoms with van der Waals surface area (Å²) in [4.78, 5) is 43.0. The fraction of sp³-hybridized carbons (Fsp3) is 0.182. The van der Waals surface area contributed by atoms with E-state index in [9.17, 15) is 14.4 Å². The number of carbonyl (C=O) groups excluding carboxylic acids is 3. The van der Waals surface area contributed by atoms with E-state index in [-0.39, 0.29) is 35.6 Å². The average Bonchev–Trinajstić information content (AvgIpc) is 3.00. The Hall–Kier alpha value is -2.61. The van der Waals surface area contributed by atoms with Crippen LogP contribution in [-0.4, -0.2) is 39.5 Å². The number of hydrogen-bond acceptors (Lipinski definition) is 5. The van der Waals surface area contributed by atoms with Crippen LogP contribution in [-0.2, 0) is 9.59 Å². The van der Waals surface area contributed by atoms with Crippen LogP contribution in [0.15, 0.2) is 60.1 Å². The summed E-state index contributed by atoms with van der Waals surface area (Å²) in [7, 11) is 0. The van der Waals surface area contributed by atoms with Crippen LogP contribution in [0.1, 0.15) is 23.7 Å². The molecule has 0 spiro atoms. The van der Waals surface area contributed by atoms with Crippen LogP contribution < -0.4 is 5.32 Å². The van der Waals surface area contributed by atoms with Crippen molar-refractivity contribution in [1.82, 2.24) is 4.90 Å². The Kier molecular flexibility index (Phi) is 7.54. The van der Waals surface area contributed by atoms with Crippen LogP contribution >= 0.6 is 35.0 Å². The largest absolute Gasteiger partial charge is 0.325 e. The third-order valence-electron chi connectivity index (χ3n) is 4.41. The number of benzene rings is 2. The first-order chi connectivity index (χ1) is 14.8. The van der Waals surface area contributed by atoms with Gasteiger partial charge in [-0.2, -0.15) is 0 Å². The molecule has 2 amide bonds. The van der Waals surface area contributed by atoms with Crippen molar-refractivity contribution in [1.29, 1.82) is 0 Å². The first kappa shape index (κ1) is 23.1. The highest BCUT2D eigenvalue weighted by Crippen LogP contribution is 2.33. The Balaban J connectivity index is 1.78. The first-order valence-electron chi connectivity index (χ1n) is 9.32. The molecule has 0 saturated carbocycles. The van der Waals surface area contributed by atoms with E-state index in [1.807, 2.05) is 0 Å². The average molecular weight is 476 g/mol. The lowest BCUT2D eigenvalue weighted by atomic mass is 10.1. The second-order valence-electron chi connectivity index (χ2n) is 6.70. The summed E-state index contributed by atoms with van der Waals surface area (Å²) in [5.41, 5.74) is 1.46. The molecule has 0 aliphatic carbocycles. The van der Waals surface area contributed by atoms with E-state index in [0.29, 0.717) is 27.1 Å². The number of halogens is 2. The zero-order valence-electron chi connectivity index (χ0n) is 16.6. The van der Waals surface area contributed by atoms with E-state index < -0.39 is 5.25 Å². The quantitative estimate of drug-likeness (QED) is 0.432.